The van der Waals surface area contributed by atoms with E-state index >= 15 is 0 Å². The summed E-state index contributed by atoms with van der Waals surface area (Å²) < 4.78 is 2.08. The van der Waals surface area contributed by atoms with Crippen LogP contribution in [0.25, 0.3) is 10.9 Å². The van der Waals surface area contributed by atoms with E-state index in [9.17, 15) is 4.79 Å². The van der Waals surface area contributed by atoms with E-state index in [0.717, 1.165) is 43.7 Å². The summed E-state index contributed by atoms with van der Waals surface area (Å²) >= 11 is 0. The number of benzene rings is 1. The minimum atomic E-state index is 0.250. The minimum absolute atomic E-state index is 0.250. The van der Waals surface area contributed by atoms with Gasteiger partial charge in [0.2, 0.25) is 5.91 Å². The number of fused-ring (bicyclic) bond motifs is 4. The zero-order chi connectivity index (χ0) is 17.5. The number of aromatic nitrogens is 1. The number of amides is 1. The van der Waals surface area contributed by atoms with Gasteiger partial charge < -0.3 is 14.4 Å². The van der Waals surface area contributed by atoms with Crippen LogP contribution in [0.1, 0.15) is 12.8 Å². The Morgan fingerprint density at radius 3 is 2.46 bits per heavy atom. The van der Waals surface area contributed by atoms with E-state index in [1.54, 1.807) is 0 Å². The molecular weight excluding hydrogens is 324 g/mol. The Kier molecular flexibility index (Phi) is 4.21. The second kappa shape index (κ2) is 6.71. The molecule has 1 amide bonds. The van der Waals surface area contributed by atoms with Gasteiger partial charge in [0.15, 0.2) is 0 Å². The van der Waals surface area contributed by atoms with Crippen LogP contribution in [0.15, 0.2) is 36.5 Å². The Hall–Kier alpha value is -1.85. The van der Waals surface area contributed by atoms with E-state index in [2.05, 4.69) is 37.5 Å². The summed E-state index contributed by atoms with van der Waals surface area (Å²) in [5.74, 6) is 1.13. The van der Waals surface area contributed by atoms with Gasteiger partial charge in [0, 0.05) is 50.5 Å². The first-order valence-corrected chi connectivity index (χ1v) is 10.1. The summed E-state index contributed by atoms with van der Waals surface area (Å²) in [6, 6.07) is 11.1. The largest absolute Gasteiger partial charge is 0.339 e. The van der Waals surface area contributed by atoms with E-state index in [1.807, 2.05) is 18.3 Å². The van der Waals surface area contributed by atoms with Gasteiger partial charge in [-0.3, -0.25) is 9.69 Å². The van der Waals surface area contributed by atoms with Gasteiger partial charge >= 0.3 is 0 Å². The van der Waals surface area contributed by atoms with Gasteiger partial charge in [0.1, 0.15) is 6.54 Å². The van der Waals surface area contributed by atoms with Gasteiger partial charge in [-0.05, 0) is 49.4 Å². The van der Waals surface area contributed by atoms with Crippen molar-refractivity contribution in [2.75, 3.05) is 45.8 Å². The highest BCUT2D eigenvalue weighted by Gasteiger charge is 2.38. The SMILES string of the molecule is O=C(Cn1ccc2ccccc21)N1CCN(C2CN3CCC2CC3)CC1. The Balaban J connectivity index is 1.19. The number of para-hydroxylation sites is 1. The van der Waals surface area contributed by atoms with Gasteiger partial charge in [-0.15, -0.1) is 0 Å². The molecule has 0 aliphatic carbocycles. The molecule has 4 saturated heterocycles. The number of rotatable bonds is 3. The molecule has 0 radical (unpaired) electrons. The Labute approximate surface area is 155 Å². The van der Waals surface area contributed by atoms with Crippen molar-refractivity contribution in [2.24, 2.45) is 5.92 Å². The molecule has 1 aromatic carbocycles. The number of carbonyl (C=O) groups excluding carboxylic acids is 1. The summed E-state index contributed by atoms with van der Waals surface area (Å²) in [6.07, 6.45) is 4.76. The molecule has 26 heavy (non-hydrogen) atoms. The highest BCUT2D eigenvalue weighted by molar-refractivity contribution is 5.83. The number of nitrogens with zero attached hydrogens (tertiary/aromatic N) is 4. The van der Waals surface area contributed by atoms with Crippen LogP contribution < -0.4 is 0 Å². The van der Waals surface area contributed by atoms with E-state index in [1.165, 1.54) is 37.9 Å². The highest BCUT2D eigenvalue weighted by atomic mass is 16.2. The van der Waals surface area contributed by atoms with E-state index in [4.69, 9.17) is 0 Å². The van der Waals surface area contributed by atoms with Crippen LogP contribution in [0.5, 0.6) is 0 Å². The molecule has 0 N–H and O–H groups in total. The van der Waals surface area contributed by atoms with Gasteiger partial charge in [0.05, 0.1) is 0 Å². The van der Waals surface area contributed by atoms with E-state index in [0.29, 0.717) is 6.54 Å². The lowest BCUT2D eigenvalue weighted by Crippen LogP contribution is -2.61. The average molecular weight is 352 g/mol. The number of hydrogen-bond donors (Lipinski definition) is 0. The lowest BCUT2D eigenvalue weighted by atomic mass is 9.83. The Bertz CT molecular complexity index is 784. The number of piperazine rings is 1. The van der Waals surface area contributed by atoms with Crippen LogP contribution in [0.4, 0.5) is 0 Å². The van der Waals surface area contributed by atoms with Crippen LogP contribution in [0.2, 0.25) is 0 Å². The predicted molar refractivity (Wildman–Crippen MR) is 103 cm³/mol. The van der Waals surface area contributed by atoms with Crippen LogP contribution in [-0.2, 0) is 11.3 Å². The monoisotopic (exact) mass is 352 g/mol. The number of hydrogen-bond acceptors (Lipinski definition) is 3. The standard InChI is InChI=1S/C21H28N4O/c26-21(16-25-10-7-17-3-1-2-4-19(17)25)24-13-11-23(12-14-24)20-15-22-8-5-18(20)6-9-22/h1-4,7,10,18,20H,5-6,8-9,11-16H2. The maximum absolute atomic E-state index is 12.8. The normalized spacial score (nSPS) is 29.4. The average Bonchev–Trinajstić information content (AvgIpc) is 3.12. The molecule has 5 nitrogen and oxygen atoms in total. The molecule has 5 heteroatoms. The van der Waals surface area contributed by atoms with Crippen molar-refractivity contribution >= 4 is 16.8 Å². The highest BCUT2D eigenvalue weighted by Crippen LogP contribution is 2.31. The second-order valence-corrected chi connectivity index (χ2v) is 8.12. The molecule has 0 saturated carbocycles. The zero-order valence-corrected chi connectivity index (χ0v) is 15.4. The number of piperidine rings is 3. The molecular formula is C21H28N4O. The fourth-order valence-electron chi connectivity index (χ4n) is 5.17. The second-order valence-electron chi connectivity index (χ2n) is 8.12. The fourth-order valence-corrected chi connectivity index (χ4v) is 5.17. The van der Waals surface area contributed by atoms with Crippen molar-refractivity contribution in [1.82, 2.24) is 19.3 Å². The first kappa shape index (κ1) is 16.3. The zero-order valence-electron chi connectivity index (χ0n) is 15.4. The van der Waals surface area contributed by atoms with Crippen molar-refractivity contribution in [3.63, 3.8) is 0 Å². The lowest BCUT2D eigenvalue weighted by molar-refractivity contribution is -0.134. The molecule has 1 unspecified atom stereocenters. The maximum atomic E-state index is 12.8. The predicted octanol–water partition coefficient (Wildman–Crippen LogP) is 1.88. The smallest absolute Gasteiger partial charge is 0.242 e. The third kappa shape index (κ3) is 2.93. The first-order valence-electron chi connectivity index (χ1n) is 10.1. The molecule has 4 aliphatic rings. The summed E-state index contributed by atoms with van der Waals surface area (Å²) in [7, 11) is 0. The molecule has 4 aliphatic heterocycles. The van der Waals surface area contributed by atoms with E-state index < -0.39 is 0 Å². The molecule has 6 rings (SSSR count). The molecule has 4 fully saturated rings. The summed E-state index contributed by atoms with van der Waals surface area (Å²) in [5.41, 5.74) is 1.15. The molecule has 2 aromatic rings. The topological polar surface area (TPSA) is 31.7 Å². The van der Waals surface area contributed by atoms with Crippen molar-refractivity contribution in [3.8, 4) is 0 Å². The van der Waals surface area contributed by atoms with Crippen molar-refractivity contribution in [3.05, 3.63) is 36.5 Å². The van der Waals surface area contributed by atoms with Crippen molar-refractivity contribution in [1.29, 1.82) is 0 Å². The van der Waals surface area contributed by atoms with E-state index in [-0.39, 0.29) is 5.91 Å². The van der Waals surface area contributed by atoms with Crippen molar-refractivity contribution < 1.29 is 4.79 Å². The van der Waals surface area contributed by atoms with Gasteiger partial charge in [0.25, 0.3) is 0 Å². The Morgan fingerprint density at radius 2 is 1.73 bits per heavy atom. The molecule has 1 aromatic heterocycles. The van der Waals surface area contributed by atoms with Gasteiger partial charge in [-0.2, -0.15) is 0 Å². The Morgan fingerprint density at radius 1 is 0.962 bits per heavy atom. The third-order valence-corrected chi connectivity index (χ3v) is 6.74. The van der Waals surface area contributed by atoms with Gasteiger partial charge in [-0.1, -0.05) is 18.2 Å². The van der Waals surface area contributed by atoms with Crippen LogP contribution in [0.3, 0.4) is 0 Å². The first-order chi connectivity index (χ1) is 12.8. The summed E-state index contributed by atoms with van der Waals surface area (Å²) in [5, 5.41) is 1.20. The lowest BCUT2D eigenvalue weighted by Gasteiger charge is -2.51. The number of carbonyl (C=O) groups is 1. The quantitative estimate of drug-likeness (QED) is 0.845. The molecule has 0 spiro atoms. The maximum Gasteiger partial charge on any atom is 0.242 e. The summed E-state index contributed by atoms with van der Waals surface area (Å²) in [4.78, 5) is 20.1. The molecule has 1 atom stereocenters. The van der Waals surface area contributed by atoms with Crippen LogP contribution >= 0.6 is 0 Å². The van der Waals surface area contributed by atoms with Crippen molar-refractivity contribution in [2.45, 2.75) is 25.4 Å². The van der Waals surface area contributed by atoms with Crippen LogP contribution in [-0.4, -0.2) is 77.0 Å². The van der Waals surface area contributed by atoms with Gasteiger partial charge in [-0.25, -0.2) is 0 Å². The molecule has 138 valence electrons. The summed E-state index contributed by atoms with van der Waals surface area (Å²) in [6.45, 7) is 8.11. The minimum Gasteiger partial charge on any atom is -0.339 e. The van der Waals surface area contributed by atoms with Crippen LogP contribution in [0, 0.1) is 5.92 Å². The molecule has 5 heterocycles. The fraction of sp³-hybridized carbons (Fsp3) is 0.571. The third-order valence-electron chi connectivity index (χ3n) is 6.74. The molecule has 2 bridgehead atoms.